The molecular formula is C16H23ClN2O. The molecule has 0 aromatic heterocycles. The highest BCUT2D eigenvalue weighted by Gasteiger charge is 2.17. The molecule has 4 heteroatoms. The van der Waals surface area contributed by atoms with Crippen molar-refractivity contribution in [3.05, 3.63) is 34.3 Å². The molecule has 110 valence electrons. The van der Waals surface area contributed by atoms with Crippen LogP contribution in [-0.2, 0) is 11.3 Å². The summed E-state index contributed by atoms with van der Waals surface area (Å²) >= 11 is 6.49. The third-order valence-electron chi connectivity index (χ3n) is 4.34. The van der Waals surface area contributed by atoms with E-state index in [9.17, 15) is 0 Å². The Labute approximate surface area is 126 Å². The Hall–Kier alpha value is -0.610. The van der Waals surface area contributed by atoms with Crippen LogP contribution in [0.15, 0.2) is 18.2 Å². The van der Waals surface area contributed by atoms with Crippen molar-refractivity contribution in [2.75, 3.05) is 39.4 Å². The third kappa shape index (κ3) is 3.53. The molecule has 1 unspecified atom stereocenters. The molecule has 1 aromatic rings. The van der Waals surface area contributed by atoms with Gasteiger partial charge >= 0.3 is 0 Å². The molecule has 1 N–H and O–H groups in total. The number of rotatable bonds is 3. The highest BCUT2D eigenvalue weighted by Crippen LogP contribution is 2.28. The van der Waals surface area contributed by atoms with Crippen molar-refractivity contribution >= 4 is 11.6 Å². The second kappa shape index (κ2) is 6.90. The van der Waals surface area contributed by atoms with E-state index >= 15 is 0 Å². The minimum atomic E-state index is 0.624. The third-order valence-corrected chi connectivity index (χ3v) is 4.69. The molecule has 0 bridgehead atoms. The van der Waals surface area contributed by atoms with E-state index < -0.39 is 0 Å². The van der Waals surface area contributed by atoms with E-state index in [-0.39, 0.29) is 0 Å². The van der Waals surface area contributed by atoms with E-state index in [1.807, 2.05) is 0 Å². The van der Waals surface area contributed by atoms with Crippen molar-refractivity contribution in [3.8, 4) is 0 Å². The van der Waals surface area contributed by atoms with Gasteiger partial charge in [0.05, 0.1) is 13.2 Å². The zero-order valence-corrected chi connectivity index (χ0v) is 12.7. The van der Waals surface area contributed by atoms with Crippen molar-refractivity contribution in [2.24, 2.45) is 0 Å². The zero-order chi connectivity index (χ0) is 13.8. The summed E-state index contributed by atoms with van der Waals surface area (Å²) in [5, 5.41) is 4.38. The molecule has 20 heavy (non-hydrogen) atoms. The molecule has 0 amide bonds. The topological polar surface area (TPSA) is 24.5 Å². The van der Waals surface area contributed by atoms with Crippen LogP contribution in [-0.4, -0.2) is 44.3 Å². The van der Waals surface area contributed by atoms with Crippen LogP contribution in [0.4, 0.5) is 0 Å². The van der Waals surface area contributed by atoms with Crippen LogP contribution in [0.1, 0.15) is 29.9 Å². The Morgan fingerprint density at radius 3 is 2.85 bits per heavy atom. The minimum Gasteiger partial charge on any atom is -0.379 e. The molecule has 2 aliphatic heterocycles. The van der Waals surface area contributed by atoms with Crippen LogP contribution in [0.2, 0.25) is 5.02 Å². The predicted octanol–water partition coefficient (Wildman–Crippen LogP) is 2.64. The van der Waals surface area contributed by atoms with Gasteiger partial charge in [-0.2, -0.15) is 0 Å². The first-order valence-electron chi connectivity index (χ1n) is 7.62. The summed E-state index contributed by atoms with van der Waals surface area (Å²) in [5.74, 6) is 0.624. The SMILES string of the molecule is Clc1cc(C2CCCNC2)ccc1CN1CCOCC1. The largest absolute Gasteiger partial charge is 0.379 e. The molecule has 0 aliphatic carbocycles. The van der Waals surface area contributed by atoms with Crippen LogP contribution >= 0.6 is 11.6 Å². The van der Waals surface area contributed by atoms with Crippen LogP contribution in [0.25, 0.3) is 0 Å². The second-order valence-corrected chi connectivity index (χ2v) is 6.19. The summed E-state index contributed by atoms with van der Waals surface area (Å²) < 4.78 is 5.38. The fourth-order valence-corrected chi connectivity index (χ4v) is 3.33. The van der Waals surface area contributed by atoms with Gasteiger partial charge in [-0.25, -0.2) is 0 Å². The molecule has 2 fully saturated rings. The first-order chi connectivity index (χ1) is 9.83. The first kappa shape index (κ1) is 14.3. The molecule has 3 nitrogen and oxygen atoms in total. The van der Waals surface area contributed by atoms with E-state index in [0.717, 1.165) is 51.0 Å². The lowest BCUT2D eigenvalue weighted by Gasteiger charge is -2.27. The summed E-state index contributed by atoms with van der Waals surface area (Å²) in [6.45, 7) is 6.85. The Bertz CT molecular complexity index is 440. The monoisotopic (exact) mass is 294 g/mol. The number of benzene rings is 1. The van der Waals surface area contributed by atoms with Gasteiger partial charge in [0, 0.05) is 31.2 Å². The molecule has 0 spiro atoms. The number of ether oxygens (including phenoxy) is 1. The van der Waals surface area contributed by atoms with Crippen molar-refractivity contribution in [3.63, 3.8) is 0 Å². The Morgan fingerprint density at radius 2 is 2.15 bits per heavy atom. The standard InChI is InChI=1S/C16H23ClN2O/c17-16-10-13(14-2-1-5-18-11-14)3-4-15(16)12-19-6-8-20-9-7-19/h3-4,10,14,18H,1-2,5-9,11-12H2. The minimum absolute atomic E-state index is 0.624. The molecule has 0 radical (unpaired) electrons. The average Bonchev–Trinajstić information content (AvgIpc) is 2.51. The summed E-state index contributed by atoms with van der Waals surface area (Å²) in [5.41, 5.74) is 2.62. The second-order valence-electron chi connectivity index (χ2n) is 5.78. The molecule has 3 rings (SSSR count). The van der Waals surface area contributed by atoms with Gasteiger partial charge in [-0.15, -0.1) is 0 Å². The van der Waals surface area contributed by atoms with Gasteiger partial charge in [-0.3, -0.25) is 4.90 Å². The molecule has 2 heterocycles. The maximum absolute atomic E-state index is 6.49. The zero-order valence-electron chi connectivity index (χ0n) is 11.9. The lowest BCUT2D eigenvalue weighted by atomic mass is 9.91. The predicted molar refractivity (Wildman–Crippen MR) is 82.4 cm³/mol. The number of nitrogens with one attached hydrogen (secondary N) is 1. The van der Waals surface area contributed by atoms with Gasteiger partial charge in [0.25, 0.3) is 0 Å². The maximum atomic E-state index is 6.49. The molecular weight excluding hydrogens is 272 g/mol. The molecule has 1 aromatic carbocycles. The van der Waals surface area contributed by atoms with Crippen molar-refractivity contribution in [1.29, 1.82) is 0 Å². The lowest BCUT2D eigenvalue weighted by molar-refractivity contribution is 0.0342. The number of piperidine rings is 1. The Kier molecular flexibility index (Phi) is 4.94. The highest BCUT2D eigenvalue weighted by molar-refractivity contribution is 6.31. The number of hydrogen-bond donors (Lipinski definition) is 1. The van der Waals surface area contributed by atoms with Gasteiger partial charge < -0.3 is 10.1 Å². The van der Waals surface area contributed by atoms with Gasteiger partial charge in [-0.1, -0.05) is 23.7 Å². The van der Waals surface area contributed by atoms with Gasteiger partial charge in [0.1, 0.15) is 0 Å². The van der Waals surface area contributed by atoms with E-state index in [4.69, 9.17) is 16.3 Å². The van der Waals surface area contributed by atoms with Gasteiger partial charge in [0.2, 0.25) is 0 Å². The van der Waals surface area contributed by atoms with E-state index in [1.165, 1.54) is 24.0 Å². The van der Waals surface area contributed by atoms with Crippen molar-refractivity contribution < 1.29 is 4.74 Å². The van der Waals surface area contributed by atoms with Crippen LogP contribution in [0, 0.1) is 0 Å². The maximum Gasteiger partial charge on any atom is 0.0594 e. The first-order valence-corrected chi connectivity index (χ1v) is 8.00. The number of morpholine rings is 1. The quantitative estimate of drug-likeness (QED) is 0.927. The van der Waals surface area contributed by atoms with Gasteiger partial charge in [-0.05, 0) is 42.5 Å². The van der Waals surface area contributed by atoms with E-state index in [2.05, 4.69) is 28.4 Å². The summed E-state index contributed by atoms with van der Waals surface area (Å²) in [6, 6.07) is 6.65. The van der Waals surface area contributed by atoms with Crippen molar-refractivity contribution in [1.82, 2.24) is 10.2 Å². The highest BCUT2D eigenvalue weighted by atomic mass is 35.5. The molecule has 1 atom stereocenters. The smallest absolute Gasteiger partial charge is 0.0594 e. The van der Waals surface area contributed by atoms with Crippen LogP contribution < -0.4 is 5.32 Å². The van der Waals surface area contributed by atoms with E-state index in [0.29, 0.717) is 5.92 Å². The fraction of sp³-hybridized carbons (Fsp3) is 0.625. The molecule has 0 saturated carbocycles. The lowest BCUT2D eigenvalue weighted by Crippen LogP contribution is -2.35. The number of hydrogen-bond acceptors (Lipinski definition) is 3. The molecule has 2 aliphatic rings. The van der Waals surface area contributed by atoms with Crippen molar-refractivity contribution in [2.45, 2.75) is 25.3 Å². The molecule has 2 saturated heterocycles. The number of nitrogens with zero attached hydrogens (tertiary/aromatic N) is 1. The normalized spacial score (nSPS) is 24.8. The van der Waals surface area contributed by atoms with Gasteiger partial charge in [0.15, 0.2) is 0 Å². The summed E-state index contributed by atoms with van der Waals surface area (Å²) in [6.07, 6.45) is 2.53. The average molecular weight is 295 g/mol. The summed E-state index contributed by atoms with van der Waals surface area (Å²) in [4.78, 5) is 2.41. The Balaban J connectivity index is 1.66. The van der Waals surface area contributed by atoms with E-state index in [1.54, 1.807) is 0 Å². The summed E-state index contributed by atoms with van der Waals surface area (Å²) in [7, 11) is 0. The van der Waals surface area contributed by atoms with Crippen LogP contribution in [0.5, 0.6) is 0 Å². The number of halogens is 1. The van der Waals surface area contributed by atoms with Crippen LogP contribution in [0.3, 0.4) is 0 Å². The fourth-order valence-electron chi connectivity index (χ4n) is 3.08. The Morgan fingerprint density at radius 1 is 1.30 bits per heavy atom.